The maximum Gasteiger partial charge on any atom is -0.0477 e. The summed E-state index contributed by atoms with van der Waals surface area (Å²) in [4.78, 5) is 0. The molecule has 0 heterocycles. The first-order chi connectivity index (χ1) is 7.36. The molecular weight excluding hydrogens is 180 g/mol. The highest BCUT2D eigenvalue weighted by Crippen LogP contribution is 2.36. The van der Waals surface area contributed by atoms with Crippen molar-refractivity contribution in [1.82, 2.24) is 0 Å². The summed E-state index contributed by atoms with van der Waals surface area (Å²) in [7, 11) is 0. The van der Waals surface area contributed by atoms with Crippen LogP contribution in [0.4, 0.5) is 0 Å². The van der Waals surface area contributed by atoms with Gasteiger partial charge in [-0.15, -0.1) is 40.8 Å². The van der Waals surface area contributed by atoms with Crippen LogP contribution in [-0.2, 0) is 0 Å². The SMILES string of the molecule is CC1c2ccccc2[CH-]c2ccccc21. The molecular formula is C15H13-. The lowest BCUT2D eigenvalue weighted by Gasteiger charge is -2.32. The van der Waals surface area contributed by atoms with Gasteiger partial charge in [0.2, 0.25) is 0 Å². The molecule has 74 valence electrons. The first-order valence-corrected chi connectivity index (χ1v) is 5.39. The Labute approximate surface area is 90.6 Å². The van der Waals surface area contributed by atoms with Crippen LogP contribution in [0, 0.1) is 6.42 Å². The van der Waals surface area contributed by atoms with Crippen LogP contribution in [0.25, 0.3) is 0 Å². The highest BCUT2D eigenvalue weighted by atomic mass is 14.2. The summed E-state index contributed by atoms with van der Waals surface area (Å²) in [5.74, 6) is 0.516. The standard InChI is InChI=1S/C15H13/c1-11-14-8-4-2-6-12(14)10-13-7-3-5-9-15(11)13/h2-11H,1H3/q-1. The molecule has 0 radical (unpaired) electrons. The van der Waals surface area contributed by atoms with Crippen molar-refractivity contribution in [2.45, 2.75) is 12.8 Å². The zero-order valence-corrected chi connectivity index (χ0v) is 8.77. The van der Waals surface area contributed by atoms with Crippen molar-refractivity contribution < 1.29 is 0 Å². The summed E-state index contributed by atoms with van der Waals surface area (Å²) in [5.41, 5.74) is 5.61. The largest absolute Gasteiger partial charge is 0.126 e. The maximum atomic E-state index is 2.28. The number of benzene rings is 2. The second-order valence-corrected chi connectivity index (χ2v) is 4.12. The molecule has 0 spiro atoms. The molecule has 0 nitrogen and oxygen atoms in total. The molecule has 0 fully saturated rings. The lowest BCUT2D eigenvalue weighted by Crippen LogP contribution is -2.09. The Morgan fingerprint density at radius 2 is 1.27 bits per heavy atom. The van der Waals surface area contributed by atoms with Crippen molar-refractivity contribution in [3.8, 4) is 0 Å². The third-order valence-electron chi connectivity index (χ3n) is 3.24. The van der Waals surface area contributed by atoms with Gasteiger partial charge >= 0.3 is 0 Å². The number of hydrogen-bond donors (Lipinski definition) is 0. The Bertz CT molecular complexity index is 451. The first kappa shape index (κ1) is 8.60. The van der Waals surface area contributed by atoms with E-state index in [0.29, 0.717) is 5.92 Å². The molecule has 2 aromatic rings. The molecule has 0 N–H and O–H groups in total. The molecule has 0 bridgehead atoms. The van der Waals surface area contributed by atoms with Crippen LogP contribution < -0.4 is 0 Å². The highest BCUT2D eigenvalue weighted by Gasteiger charge is 2.13. The van der Waals surface area contributed by atoms with Crippen molar-refractivity contribution in [3.05, 3.63) is 77.2 Å². The van der Waals surface area contributed by atoms with E-state index in [0.717, 1.165) is 0 Å². The molecule has 0 atom stereocenters. The molecule has 15 heavy (non-hydrogen) atoms. The monoisotopic (exact) mass is 193 g/mol. The predicted octanol–water partition coefficient (Wildman–Crippen LogP) is 3.75. The van der Waals surface area contributed by atoms with E-state index in [1.807, 2.05) is 0 Å². The minimum atomic E-state index is 0.516. The van der Waals surface area contributed by atoms with Crippen LogP contribution in [0.1, 0.15) is 35.1 Å². The summed E-state index contributed by atoms with van der Waals surface area (Å²) in [6.45, 7) is 2.28. The molecule has 3 rings (SSSR count). The molecule has 0 aromatic heterocycles. The van der Waals surface area contributed by atoms with Crippen molar-refractivity contribution in [3.63, 3.8) is 0 Å². The van der Waals surface area contributed by atoms with E-state index in [1.54, 1.807) is 0 Å². The molecule has 0 aliphatic heterocycles. The van der Waals surface area contributed by atoms with E-state index in [1.165, 1.54) is 22.3 Å². The zero-order chi connectivity index (χ0) is 10.3. The number of fused-ring (bicyclic) bond motifs is 2. The summed E-state index contributed by atoms with van der Waals surface area (Å²) >= 11 is 0. The third-order valence-corrected chi connectivity index (χ3v) is 3.24. The van der Waals surface area contributed by atoms with Gasteiger partial charge in [-0.2, -0.15) is 0 Å². The van der Waals surface area contributed by atoms with Gasteiger partial charge in [0.25, 0.3) is 0 Å². The van der Waals surface area contributed by atoms with Crippen molar-refractivity contribution in [2.75, 3.05) is 0 Å². The second kappa shape index (κ2) is 3.16. The Morgan fingerprint density at radius 3 is 1.80 bits per heavy atom. The van der Waals surface area contributed by atoms with Crippen LogP contribution in [0.3, 0.4) is 0 Å². The number of hydrogen-bond acceptors (Lipinski definition) is 0. The van der Waals surface area contributed by atoms with E-state index in [2.05, 4.69) is 61.9 Å². The van der Waals surface area contributed by atoms with Crippen LogP contribution in [0.15, 0.2) is 48.5 Å². The first-order valence-electron chi connectivity index (χ1n) is 5.39. The van der Waals surface area contributed by atoms with Gasteiger partial charge in [0.05, 0.1) is 0 Å². The quantitative estimate of drug-likeness (QED) is 0.559. The van der Waals surface area contributed by atoms with Crippen molar-refractivity contribution >= 4 is 0 Å². The van der Waals surface area contributed by atoms with Crippen LogP contribution in [0.5, 0.6) is 0 Å². The van der Waals surface area contributed by atoms with Crippen molar-refractivity contribution in [1.29, 1.82) is 0 Å². The minimum Gasteiger partial charge on any atom is -0.126 e. The van der Waals surface area contributed by atoms with Crippen LogP contribution in [0.2, 0.25) is 0 Å². The van der Waals surface area contributed by atoms with Gasteiger partial charge in [-0.05, 0) is 5.92 Å². The van der Waals surface area contributed by atoms with Crippen molar-refractivity contribution in [2.24, 2.45) is 0 Å². The lowest BCUT2D eigenvalue weighted by atomic mass is 9.79. The average Bonchev–Trinajstić information content (AvgIpc) is 2.30. The lowest BCUT2D eigenvalue weighted by molar-refractivity contribution is 0.884. The normalized spacial score (nSPS) is 13.9. The summed E-state index contributed by atoms with van der Waals surface area (Å²) in [6.07, 6.45) is 2.28. The molecule has 2 aromatic carbocycles. The fourth-order valence-corrected chi connectivity index (χ4v) is 2.41. The van der Waals surface area contributed by atoms with Crippen LogP contribution in [-0.4, -0.2) is 0 Å². The minimum absolute atomic E-state index is 0.516. The highest BCUT2D eigenvalue weighted by molar-refractivity contribution is 5.55. The summed E-state index contributed by atoms with van der Waals surface area (Å²) in [6, 6.07) is 17.3. The van der Waals surface area contributed by atoms with Gasteiger partial charge in [0, 0.05) is 0 Å². The molecule has 0 unspecified atom stereocenters. The Kier molecular flexibility index (Phi) is 1.81. The average molecular weight is 193 g/mol. The molecule has 0 amide bonds. The maximum absolute atomic E-state index is 2.28. The zero-order valence-electron chi connectivity index (χ0n) is 8.77. The molecule has 0 saturated heterocycles. The fraction of sp³-hybridized carbons (Fsp3) is 0.133. The third kappa shape index (κ3) is 1.25. The second-order valence-electron chi connectivity index (χ2n) is 4.12. The summed E-state index contributed by atoms with van der Waals surface area (Å²) in [5, 5.41) is 0. The molecule has 1 aliphatic carbocycles. The fourth-order valence-electron chi connectivity index (χ4n) is 2.41. The van der Waals surface area contributed by atoms with Gasteiger partial charge in [-0.1, -0.05) is 43.3 Å². The van der Waals surface area contributed by atoms with Crippen LogP contribution >= 0.6 is 0 Å². The number of rotatable bonds is 0. The van der Waals surface area contributed by atoms with Gasteiger partial charge in [0.1, 0.15) is 0 Å². The predicted molar refractivity (Wildman–Crippen MR) is 62.9 cm³/mol. The van der Waals surface area contributed by atoms with E-state index in [-0.39, 0.29) is 0 Å². The summed E-state index contributed by atoms with van der Waals surface area (Å²) < 4.78 is 0. The Balaban J connectivity index is 2.20. The molecule has 0 heteroatoms. The Hall–Kier alpha value is -1.69. The Morgan fingerprint density at radius 1 is 0.800 bits per heavy atom. The van der Waals surface area contributed by atoms with E-state index in [4.69, 9.17) is 0 Å². The van der Waals surface area contributed by atoms with Gasteiger partial charge in [0.15, 0.2) is 0 Å². The van der Waals surface area contributed by atoms with Gasteiger partial charge < -0.3 is 0 Å². The topological polar surface area (TPSA) is 0 Å². The van der Waals surface area contributed by atoms with Gasteiger partial charge in [-0.25, -0.2) is 0 Å². The van der Waals surface area contributed by atoms with E-state index < -0.39 is 0 Å². The van der Waals surface area contributed by atoms with E-state index >= 15 is 0 Å². The molecule has 0 saturated carbocycles. The van der Waals surface area contributed by atoms with E-state index in [9.17, 15) is 0 Å². The van der Waals surface area contributed by atoms with Gasteiger partial charge in [-0.3, -0.25) is 0 Å². The smallest absolute Gasteiger partial charge is 0.0477 e. The molecule has 1 aliphatic rings.